The Bertz CT molecular complexity index is 631. The molecule has 0 aliphatic rings. The van der Waals surface area contributed by atoms with Crippen molar-refractivity contribution in [1.82, 2.24) is 10.1 Å². The predicted octanol–water partition coefficient (Wildman–Crippen LogP) is 2.69. The van der Waals surface area contributed by atoms with Gasteiger partial charge >= 0.3 is 0 Å². The van der Waals surface area contributed by atoms with Crippen molar-refractivity contribution in [2.45, 2.75) is 26.8 Å². The number of nitro groups is 1. The molecule has 7 nitrogen and oxygen atoms in total. The van der Waals surface area contributed by atoms with Gasteiger partial charge in [-0.3, -0.25) is 10.1 Å². The highest BCUT2D eigenvalue weighted by molar-refractivity contribution is 5.66. The zero-order chi connectivity index (χ0) is 14.9. The number of aromatic nitrogens is 2. The van der Waals surface area contributed by atoms with E-state index in [1.807, 2.05) is 20.8 Å². The van der Waals surface area contributed by atoms with Crippen molar-refractivity contribution in [2.24, 2.45) is 11.1 Å². The number of hydrogen-bond donors (Lipinski definition) is 1. The summed E-state index contributed by atoms with van der Waals surface area (Å²) in [6.45, 7) is 5.87. The average Bonchev–Trinajstić information content (AvgIpc) is 2.86. The lowest BCUT2D eigenvalue weighted by Gasteiger charge is -2.23. The molecular formula is C13H16N4O3. The second kappa shape index (κ2) is 5.01. The lowest BCUT2D eigenvalue weighted by molar-refractivity contribution is -0.384. The van der Waals surface area contributed by atoms with Gasteiger partial charge in [-0.25, -0.2) is 0 Å². The fourth-order valence-electron chi connectivity index (χ4n) is 1.67. The molecule has 2 rings (SSSR count). The Morgan fingerprint density at radius 1 is 1.35 bits per heavy atom. The first-order valence-corrected chi connectivity index (χ1v) is 6.13. The molecule has 1 atom stereocenters. The predicted molar refractivity (Wildman–Crippen MR) is 72.8 cm³/mol. The van der Waals surface area contributed by atoms with E-state index in [0.717, 1.165) is 0 Å². The Balaban J connectivity index is 2.42. The third-order valence-corrected chi connectivity index (χ3v) is 2.98. The first kappa shape index (κ1) is 14.1. The molecule has 1 aromatic heterocycles. The maximum Gasteiger partial charge on any atom is 0.282 e. The fraction of sp³-hybridized carbons (Fsp3) is 0.385. The molecule has 0 spiro atoms. The minimum Gasteiger partial charge on any atom is -0.334 e. The van der Waals surface area contributed by atoms with Crippen molar-refractivity contribution in [3.8, 4) is 11.5 Å². The van der Waals surface area contributed by atoms with Gasteiger partial charge in [0, 0.05) is 6.07 Å². The number of nitro benzene ring substituents is 1. The Morgan fingerprint density at radius 3 is 2.60 bits per heavy atom. The molecule has 2 N–H and O–H groups in total. The molecule has 0 amide bonds. The Labute approximate surface area is 115 Å². The maximum atomic E-state index is 11.0. The van der Waals surface area contributed by atoms with Crippen LogP contribution in [0.5, 0.6) is 0 Å². The monoisotopic (exact) mass is 276 g/mol. The van der Waals surface area contributed by atoms with E-state index in [1.54, 1.807) is 18.2 Å². The van der Waals surface area contributed by atoms with Gasteiger partial charge in [-0.2, -0.15) is 4.98 Å². The van der Waals surface area contributed by atoms with Gasteiger partial charge in [0.25, 0.3) is 11.6 Å². The number of hydrogen-bond acceptors (Lipinski definition) is 6. The van der Waals surface area contributed by atoms with Crippen molar-refractivity contribution in [1.29, 1.82) is 0 Å². The van der Waals surface area contributed by atoms with Gasteiger partial charge < -0.3 is 10.3 Å². The quantitative estimate of drug-likeness (QED) is 0.682. The van der Waals surface area contributed by atoms with Gasteiger partial charge in [0.15, 0.2) is 5.82 Å². The Hall–Kier alpha value is -2.28. The van der Waals surface area contributed by atoms with E-state index >= 15 is 0 Å². The first-order chi connectivity index (χ1) is 9.30. The molecular weight excluding hydrogens is 260 g/mol. The third-order valence-electron chi connectivity index (χ3n) is 2.98. The number of nitrogens with zero attached hydrogens (tertiary/aromatic N) is 3. The summed E-state index contributed by atoms with van der Waals surface area (Å²) in [7, 11) is 0. The molecule has 0 bridgehead atoms. The van der Waals surface area contributed by atoms with Gasteiger partial charge in [0.1, 0.15) is 5.56 Å². The Kier molecular flexibility index (Phi) is 3.54. The van der Waals surface area contributed by atoms with E-state index in [4.69, 9.17) is 10.3 Å². The summed E-state index contributed by atoms with van der Waals surface area (Å²) in [5.41, 5.74) is 6.02. The van der Waals surface area contributed by atoms with Crippen LogP contribution >= 0.6 is 0 Å². The molecule has 20 heavy (non-hydrogen) atoms. The van der Waals surface area contributed by atoms with E-state index in [1.165, 1.54) is 6.07 Å². The molecule has 1 heterocycles. The molecule has 0 saturated carbocycles. The van der Waals surface area contributed by atoms with Crippen LogP contribution in [-0.2, 0) is 0 Å². The molecule has 7 heteroatoms. The molecule has 1 aromatic carbocycles. The summed E-state index contributed by atoms with van der Waals surface area (Å²) in [4.78, 5) is 14.7. The summed E-state index contributed by atoms with van der Waals surface area (Å²) >= 11 is 0. The van der Waals surface area contributed by atoms with Crippen LogP contribution in [0.1, 0.15) is 32.6 Å². The second-order valence-corrected chi connectivity index (χ2v) is 5.58. The summed E-state index contributed by atoms with van der Waals surface area (Å²) in [5.74, 6) is 0.442. The van der Waals surface area contributed by atoms with Crippen LogP contribution in [0.2, 0.25) is 0 Å². The first-order valence-electron chi connectivity index (χ1n) is 6.13. The van der Waals surface area contributed by atoms with Gasteiger partial charge in [-0.15, -0.1) is 0 Å². The minimum atomic E-state index is -0.483. The number of nitrogens with two attached hydrogens (primary N) is 1. The molecule has 0 saturated heterocycles. The maximum absolute atomic E-state index is 11.0. The standard InChI is InChI=1S/C13H16N4O3/c1-13(2,3)10(14)11-15-12(20-16-11)8-6-4-5-7-9(8)17(18)19/h4-7,10H,14H2,1-3H3. The van der Waals surface area contributed by atoms with E-state index < -0.39 is 11.0 Å². The van der Waals surface area contributed by atoms with Crippen molar-refractivity contribution < 1.29 is 9.45 Å². The van der Waals surface area contributed by atoms with E-state index in [9.17, 15) is 10.1 Å². The van der Waals surface area contributed by atoms with Crippen LogP contribution in [0.15, 0.2) is 28.8 Å². The topological polar surface area (TPSA) is 108 Å². The summed E-state index contributed by atoms with van der Waals surface area (Å²) in [5, 5.41) is 14.8. The molecule has 0 fully saturated rings. The highest BCUT2D eigenvalue weighted by Crippen LogP contribution is 2.32. The molecule has 0 radical (unpaired) electrons. The lowest BCUT2D eigenvalue weighted by Crippen LogP contribution is -2.27. The van der Waals surface area contributed by atoms with E-state index in [-0.39, 0.29) is 22.6 Å². The molecule has 1 unspecified atom stereocenters. The van der Waals surface area contributed by atoms with Gasteiger partial charge in [0.05, 0.1) is 11.0 Å². The smallest absolute Gasteiger partial charge is 0.282 e. The summed E-state index contributed by atoms with van der Waals surface area (Å²) in [6, 6.07) is 5.80. The van der Waals surface area contributed by atoms with Crippen LogP contribution < -0.4 is 5.73 Å². The summed E-state index contributed by atoms with van der Waals surface area (Å²) < 4.78 is 5.11. The van der Waals surface area contributed by atoms with Crippen LogP contribution in [0.4, 0.5) is 5.69 Å². The van der Waals surface area contributed by atoms with Crippen molar-refractivity contribution in [2.75, 3.05) is 0 Å². The van der Waals surface area contributed by atoms with Crippen LogP contribution in [-0.4, -0.2) is 15.1 Å². The zero-order valence-electron chi connectivity index (χ0n) is 11.5. The average molecular weight is 276 g/mol. The fourth-order valence-corrected chi connectivity index (χ4v) is 1.67. The van der Waals surface area contributed by atoms with Crippen molar-refractivity contribution in [3.63, 3.8) is 0 Å². The van der Waals surface area contributed by atoms with Crippen LogP contribution in [0.25, 0.3) is 11.5 Å². The SMILES string of the molecule is CC(C)(C)C(N)c1noc(-c2ccccc2[N+](=O)[O-])n1. The number of rotatable bonds is 3. The Morgan fingerprint density at radius 2 is 2.00 bits per heavy atom. The van der Waals surface area contributed by atoms with Crippen molar-refractivity contribution >= 4 is 5.69 Å². The number of benzene rings is 1. The summed E-state index contributed by atoms with van der Waals surface area (Å²) in [6.07, 6.45) is 0. The van der Waals surface area contributed by atoms with E-state index in [2.05, 4.69) is 10.1 Å². The van der Waals surface area contributed by atoms with Gasteiger partial charge in [-0.1, -0.05) is 38.1 Å². The third kappa shape index (κ3) is 2.67. The largest absolute Gasteiger partial charge is 0.334 e. The zero-order valence-corrected chi connectivity index (χ0v) is 11.5. The molecule has 2 aromatic rings. The van der Waals surface area contributed by atoms with Crippen LogP contribution in [0.3, 0.4) is 0 Å². The number of para-hydroxylation sites is 1. The highest BCUT2D eigenvalue weighted by atomic mass is 16.6. The normalized spacial score (nSPS) is 13.2. The van der Waals surface area contributed by atoms with Crippen molar-refractivity contribution in [3.05, 3.63) is 40.2 Å². The highest BCUT2D eigenvalue weighted by Gasteiger charge is 2.28. The van der Waals surface area contributed by atoms with Gasteiger partial charge in [0.2, 0.25) is 0 Å². The second-order valence-electron chi connectivity index (χ2n) is 5.58. The van der Waals surface area contributed by atoms with E-state index in [0.29, 0.717) is 5.82 Å². The molecule has 106 valence electrons. The van der Waals surface area contributed by atoms with Gasteiger partial charge in [-0.05, 0) is 11.5 Å². The lowest BCUT2D eigenvalue weighted by atomic mass is 9.87. The molecule has 0 aliphatic carbocycles. The molecule has 0 aliphatic heterocycles. The minimum absolute atomic E-state index is 0.0768. The van der Waals surface area contributed by atoms with Crippen LogP contribution in [0, 0.1) is 15.5 Å².